The lowest BCUT2D eigenvalue weighted by Crippen LogP contribution is -2.39. The zero-order valence-corrected chi connectivity index (χ0v) is 16.7. The maximum atomic E-state index is 12.7. The molecule has 28 heavy (non-hydrogen) atoms. The maximum Gasteiger partial charge on any atom is 0.341 e. The number of hydrogen-bond donors (Lipinski definition) is 0. The van der Waals surface area contributed by atoms with Crippen LogP contribution in [-0.2, 0) is 9.47 Å². The van der Waals surface area contributed by atoms with Crippen LogP contribution in [0, 0.1) is 0 Å². The summed E-state index contributed by atoms with van der Waals surface area (Å²) in [5, 5.41) is 2.92. The highest BCUT2D eigenvalue weighted by molar-refractivity contribution is 7.10. The molecule has 2 aromatic heterocycles. The van der Waals surface area contributed by atoms with Crippen LogP contribution in [0.5, 0.6) is 5.75 Å². The van der Waals surface area contributed by atoms with Gasteiger partial charge in [-0.15, -0.1) is 11.3 Å². The lowest BCUT2D eigenvalue weighted by Gasteiger charge is -2.35. The number of nitrogens with zero attached hydrogens (tertiary/aromatic N) is 2. The zero-order valence-electron chi connectivity index (χ0n) is 15.9. The number of esters is 1. The number of fused-ring (bicyclic) bond motifs is 1. The summed E-state index contributed by atoms with van der Waals surface area (Å²) in [4.78, 5) is 20.5. The average Bonchev–Trinajstić information content (AvgIpc) is 3.27. The van der Waals surface area contributed by atoms with Crippen LogP contribution < -0.4 is 9.64 Å². The molecule has 3 heterocycles. The number of carbonyl (C=O) groups is 1. The molecule has 146 valence electrons. The normalized spacial score (nSPS) is 16.9. The number of ether oxygens (including phenoxy) is 3. The SMILES string of the molecule is CCOC(=O)c1cnc2ccc(OC)cc2c1N1CCOC(c2cccs2)C1. The molecule has 1 unspecified atom stereocenters. The predicted molar refractivity (Wildman–Crippen MR) is 109 cm³/mol. The van der Waals surface area contributed by atoms with Crippen molar-refractivity contribution in [1.29, 1.82) is 0 Å². The number of anilines is 1. The molecule has 7 heteroatoms. The first-order valence-electron chi connectivity index (χ1n) is 9.25. The number of benzene rings is 1. The molecule has 6 nitrogen and oxygen atoms in total. The summed E-state index contributed by atoms with van der Waals surface area (Å²) in [5.41, 5.74) is 2.10. The summed E-state index contributed by atoms with van der Waals surface area (Å²) in [6, 6.07) is 9.81. The van der Waals surface area contributed by atoms with Gasteiger partial charge < -0.3 is 19.1 Å². The van der Waals surface area contributed by atoms with Crippen LogP contribution >= 0.6 is 11.3 Å². The van der Waals surface area contributed by atoms with Crippen LogP contribution in [0.4, 0.5) is 5.69 Å². The van der Waals surface area contributed by atoms with E-state index in [0.717, 1.165) is 22.3 Å². The lowest BCUT2D eigenvalue weighted by atomic mass is 10.1. The second-order valence-corrected chi connectivity index (χ2v) is 7.42. The molecule has 1 aliphatic rings. The van der Waals surface area contributed by atoms with E-state index in [9.17, 15) is 4.79 Å². The van der Waals surface area contributed by atoms with Gasteiger partial charge in [-0.1, -0.05) is 6.07 Å². The molecule has 4 rings (SSSR count). The molecule has 1 aliphatic heterocycles. The summed E-state index contributed by atoms with van der Waals surface area (Å²) < 4.78 is 16.7. The molecule has 1 aromatic carbocycles. The molecule has 0 aliphatic carbocycles. The number of pyridine rings is 1. The van der Waals surface area contributed by atoms with Crippen LogP contribution in [0.25, 0.3) is 10.9 Å². The van der Waals surface area contributed by atoms with E-state index in [4.69, 9.17) is 14.2 Å². The number of carbonyl (C=O) groups excluding carboxylic acids is 1. The van der Waals surface area contributed by atoms with Gasteiger partial charge in [0, 0.05) is 29.5 Å². The first kappa shape index (κ1) is 18.7. The Morgan fingerprint density at radius 3 is 3.04 bits per heavy atom. The minimum atomic E-state index is -0.367. The predicted octanol–water partition coefficient (Wildman–Crippen LogP) is 4.06. The van der Waals surface area contributed by atoms with Gasteiger partial charge in [0.05, 0.1) is 31.5 Å². The minimum Gasteiger partial charge on any atom is -0.497 e. The van der Waals surface area contributed by atoms with E-state index in [0.29, 0.717) is 31.9 Å². The number of aromatic nitrogens is 1. The first-order chi connectivity index (χ1) is 13.7. The quantitative estimate of drug-likeness (QED) is 0.604. The second-order valence-electron chi connectivity index (χ2n) is 6.44. The molecular formula is C21H22N2O4S. The molecule has 1 fully saturated rings. The van der Waals surface area contributed by atoms with E-state index in [-0.39, 0.29) is 12.1 Å². The molecule has 0 saturated carbocycles. The molecule has 3 aromatic rings. The second kappa shape index (κ2) is 8.16. The van der Waals surface area contributed by atoms with Gasteiger partial charge in [-0.2, -0.15) is 0 Å². The van der Waals surface area contributed by atoms with Crippen molar-refractivity contribution in [1.82, 2.24) is 4.98 Å². The molecule has 0 N–H and O–H groups in total. The van der Waals surface area contributed by atoms with Gasteiger partial charge in [-0.3, -0.25) is 4.98 Å². The van der Waals surface area contributed by atoms with E-state index in [1.807, 2.05) is 29.6 Å². The Balaban J connectivity index is 1.82. The molecule has 1 atom stereocenters. The monoisotopic (exact) mass is 398 g/mol. The third kappa shape index (κ3) is 3.55. The molecular weight excluding hydrogens is 376 g/mol. The molecule has 0 bridgehead atoms. The van der Waals surface area contributed by atoms with Gasteiger partial charge in [-0.05, 0) is 36.6 Å². The van der Waals surface area contributed by atoms with Crippen molar-refractivity contribution in [3.8, 4) is 5.75 Å². The van der Waals surface area contributed by atoms with E-state index in [2.05, 4.69) is 16.0 Å². The first-order valence-corrected chi connectivity index (χ1v) is 10.1. The Kier molecular flexibility index (Phi) is 5.45. The van der Waals surface area contributed by atoms with Gasteiger partial charge >= 0.3 is 5.97 Å². The molecule has 0 amide bonds. The highest BCUT2D eigenvalue weighted by atomic mass is 32.1. The topological polar surface area (TPSA) is 60.9 Å². The van der Waals surface area contributed by atoms with Crippen molar-refractivity contribution < 1.29 is 19.0 Å². The number of morpholine rings is 1. The molecule has 1 saturated heterocycles. The number of thiophene rings is 1. The van der Waals surface area contributed by atoms with Crippen molar-refractivity contribution >= 4 is 33.9 Å². The standard InChI is InChI=1S/C21H22N2O4S/c1-3-26-21(24)16-12-22-17-7-6-14(25-2)11-15(17)20(16)23-8-9-27-18(13-23)19-5-4-10-28-19/h4-7,10-12,18H,3,8-9,13H2,1-2H3. The summed E-state index contributed by atoms with van der Waals surface area (Å²) >= 11 is 1.68. The van der Waals surface area contributed by atoms with Crippen LogP contribution in [0.1, 0.15) is 28.3 Å². The van der Waals surface area contributed by atoms with E-state index < -0.39 is 0 Å². The summed E-state index contributed by atoms with van der Waals surface area (Å²) in [5.74, 6) is 0.355. The lowest BCUT2D eigenvalue weighted by molar-refractivity contribution is 0.0415. The van der Waals surface area contributed by atoms with Gasteiger partial charge in [0.1, 0.15) is 17.4 Å². The number of rotatable bonds is 5. The van der Waals surface area contributed by atoms with Crippen molar-refractivity contribution in [2.45, 2.75) is 13.0 Å². The fourth-order valence-corrected chi connectivity index (χ4v) is 4.25. The fourth-order valence-electron chi connectivity index (χ4n) is 3.48. The number of methoxy groups -OCH3 is 1. The maximum absolute atomic E-state index is 12.7. The van der Waals surface area contributed by atoms with Crippen LogP contribution in [0.3, 0.4) is 0 Å². The van der Waals surface area contributed by atoms with Crippen LogP contribution in [-0.4, -0.2) is 44.4 Å². The Morgan fingerprint density at radius 2 is 2.29 bits per heavy atom. The smallest absolute Gasteiger partial charge is 0.341 e. The zero-order chi connectivity index (χ0) is 19.5. The van der Waals surface area contributed by atoms with Crippen molar-refractivity contribution in [3.05, 3.63) is 52.3 Å². The average molecular weight is 398 g/mol. The summed E-state index contributed by atoms with van der Waals surface area (Å²) in [7, 11) is 1.63. The van der Waals surface area contributed by atoms with Gasteiger partial charge in [0.25, 0.3) is 0 Å². The van der Waals surface area contributed by atoms with Crippen LogP contribution in [0.2, 0.25) is 0 Å². The minimum absolute atomic E-state index is 0.0300. The van der Waals surface area contributed by atoms with Gasteiger partial charge in [0.2, 0.25) is 0 Å². The Hall–Kier alpha value is -2.64. The van der Waals surface area contributed by atoms with Gasteiger partial charge in [0.15, 0.2) is 0 Å². The Labute approximate surface area is 167 Å². The van der Waals surface area contributed by atoms with Crippen molar-refractivity contribution in [2.75, 3.05) is 38.3 Å². The van der Waals surface area contributed by atoms with Crippen LogP contribution in [0.15, 0.2) is 41.9 Å². The third-order valence-corrected chi connectivity index (χ3v) is 5.75. The van der Waals surface area contributed by atoms with Crippen molar-refractivity contribution in [2.24, 2.45) is 0 Å². The molecule has 0 spiro atoms. The fraction of sp³-hybridized carbons (Fsp3) is 0.333. The largest absolute Gasteiger partial charge is 0.497 e. The summed E-state index contributed by atoms with van der Waals surface area (Å²) in [6.45, 7) is 4.04. The highest BCUT2D eigenvalue weighted by Gasteiger charge is 2.28. The highest BCUT2D eigenvalue weighted by Crippen LogP contribution is 2.36. The van der Waals surface area contributed by atoms with Gasteiger partial charge in [-0.25, -0.2) is 4.79 Å². The Morgan fingerprint density at radius 1 is 1.39 bits per heavy atom. The third-order valence-electron chi connectivity index (χ3n) is 4.79. The van der Waals surface area contributed by atoms with Crippen molar-refractivity contribution in [3.63, 3.8) is 0 Å². The van der Waals surface area contributed by atoms with E-state index in [1.165, 1.54) is 4.88 Å². The number of hydrogen-bond acceptors (Lipinski definition) is 7. The summed E-state index contributed by atoms with van der Waals surface area (Å²) in [6.07, 6.45) is 1.58. The molecule has 0 radical (unpaired) electrons. The Bertz CT molecular complexity index is 974. The van der Waals surface area contributed by atoms with E-state index >= 15 is 0 Å². The van der Waals surface area contributed by atoms with E-state index in [1.54, 1.807) is 31.6 Å².